The van der Waals surface area contributed by atoms with Gasteiger partial charge in [0.15, 0.2) is 11.3 Å². The maximum atomic E-state index is 9.88. The van der Waals surface area contributed by atoms with Crippen molar-refractivity contribution in [2.24, 2.45) is 11.1 Å². The number of benzene rings is 1. The number of hydrogen-bond donors (Lipinski definition) is 4. The third-order valence-electron chi connectivity index (χ3n) is 6.99. The molecule has 4 heterocycles. The number of aromatic hydroxyl groups is 1. The quantitative estimate of drug-likeness (QED) is 0.335. The van der Waals surface area contributed by atoms with Gasteiger partial charge in [-0.05, 0) is 54.0 Å². The van der Waals surface area contributed by atoms with E-state index < -0.39 is 0 Å². The van der Waals surface area contributed by atoms with Crippen LogP contribution in [0.5, 0.6) is 5.75 Å². The molecule has 1 fully saturated rings. The standard InChI is InChI=1S/C23H23ClN8OS/c24-17-15(3-6-27-19(17)26)34-16-11-28-20-21(29-16)31-22(30-20)32-7-4-23(5-8-32)10-12-1-2-13(33)9-14(12)18(23)25/h1-3,6,9,11,18,33H,4-5,7-8,10,25H2,(H2,26,27)(H,28,29,30,31)/t18-/m1/s1. The predicted octanol–water partition coefficient (Wildman–Crippen LogP) is 3.68. The van der Waals surface area contributed by atoms with Gasteiger partial charge < -0.3 is 26.5 Å². The molecule has 1 aromatic carbocycles. The minimum atomic E-state index is -0.0654. The van der Waals surface area contributed by atoms with Gasteiger partial charge in [0, 0.05) is 30.2 Å². The Morgan fingerprint density at radius 2 is 2.00 bits per heavy atom. The molecule has 1 aliphatic heterocycles. The minimum Gasteiger partial charge on any atom is -0.508 e. The van der Waals surface area contributed by atoms with Crippen LogP contribution in [0.3, 0.4) is 0 Å². The second-order valence-corrected chi connectivity index (χ2v) is 10.4. The van der Waals surface area contributed by atoms with Crippen LogP contribution in [-0.4, -0.2) is 43.1 Å². The second kappa shape index (κ2) is 8.00. The molecule has 174 valence electrons. The molecule has 1 spiro atoms. The summed E-state index contributed by atoms with van der Waals surface area (Å²) in [6, 6.07) is 7.30. The lowest BCUT2D eigenvalue weighted by Crippen LogP contribution is -2.44. The number of nitrogens with zero attached hydrogens (tertiary/aromatic N) is 5. The summed E-state index contributed by atoms with van der Waals surface area (Å²) in [6.45, 7) is 1.67. The van der Waals surface area contributed by atoms with E-state index in [9.17, 15) is 5.11 Å². The van der Waals surface area contributed by atoms with E-state index in [-0.39, 0.29) is 23.0 Å². The number of H-pyrrole nitrogens is 1. The normalized spacial score (nSPS) is 19.1. The van der Waals surface area contributed by atoms with Crippen LogP contribution in [0, 0.1) is 5.41 Å². The first-order chi connectivity index (χ1) is 16.4. The van der Waals surface area contributed by atoms with Crippen molar-refractivity contribution in [3.05, 3.63) is 52.8 Å². The van der Waals surface area contributed by atoms with Crippen molar-refractivity contribution >= 4 is 46.4 Å². The maximum Gasteiger partial charge on any atom is 0.206 e. The Kier molecular flexibility index (Phi) is 5.05. The largest absolute Gasteiger partial charge is 0.508 e. The number of piperidine rings is 1. The molecule has 0 saturated carbocycles. The molecule has 0 unspecified atom stereocenters. The van der Waals surface area contributed by atoms with Crippen LogP contribution in [0.1, 0.15) is 30.0 Å². The Bertz CT molecular complexity index is 1400. The second-order valence-electron chi connectivity index (χ2n) is 8.94. The van der Waals surface area contributed by atoms with Crippen molar-refractivity contribution in [3.8, 4) is 5.75 Å². The van der Waals surface area contributed by atoms with Crippen molar-refractivity contribution in [1.29, 1.82) is 0 Å². The highest BCUT2D eigenvalue weighted by Crippen LogP contribution is 2.51. The summed E-state index contributed by atoms with van der Waals surface area (Å²) < 4.78 is 0. The highest BCUT2D eigenvalue weighted by molar-refractivity contribution is 7.99. The molecular weight excluding hydrogens is 472 g/mol. The van der Waals surface area contributed by atoms with Gasteiger partial charge in [-0.25, -0.2) is 15.0 Å². The SMILES string of the molecule is Nc1nccc(Sc2cnc3[nH]c(N4CCC5(CC4)Cc4ccc(O)cc4[C@H]5N)nc3n2)c1Cl. The fraction of sp³-hybridized carbons (Fsp3) is 0.304. The summed E-state index contributed by atoms with van der Waals surface area (Å²) in [5, 5.41) is 11.0. The summed E-state index contributed by atoms with van der Waals surface area (Å²) in [4.78, 5) is 24.1. The number of pyridine rings is 1. The number of phenols is 1. The lowest BCUT2D eigenvalue weighted by atomic mass is 9.73. The molecule has 3 aromatic heterocycles. The fourth-order valence-corrected chi connectivity index (χ4v) is 6.11. The summed E-state index contributed by atoms with van der Waals surface area (Å²) in [5.41, 5.74) is 16.0. The van der Waals surface area contributed by atoms with Crippen LogP contribution in [-0.2, 0) is 6.42 Å². The zero-order valence-electron chi connectivity index (χ0n) is 18.2. The Morgan fingerprint density at radius 3 is 2.82 bits per heavy atom. The monoisotopic (exact) mass is 494 g/mol. The van der Waals surface area contributed by atoms with Crippen molar-refractivity contribution in [2.75, 3.05) is 23.7 Å². The van der Waals surface area contributed by atoms with E-state index in [0.29, 0.717) is 21.3 Å². The zero-order chi connectivity index (χ0) is 23.4. The Labute approximate surface area is 205 Å². The van der Waals surface area contributed by atoms with E-state index in [1.165, 1.54) is 17.3 Å². The van der Waals surface area contributed by atoms with Crippen LogP contribution in [0.4, 0.5) is 11.8 Å². The molecule has 11 heteroatoms. The van der Waals surface area contributed by atoms with E-state index in [1.54, 1.807) is 24.5 Å². The first-order valence-corrected chi connectivity index (χ1v) is 12.2. The smallest absolute Gasteiger partial charge is 0.206 e. The number of aromatic nitrogens is 5. The number of hydrogen-bond acceptors (Lipinski definition) is 9. The third kappa shape index (κ3) is 3.53. The van der Waals surface area contributed by atoms with Crippen LogP contribution in [0.15, 0.2) is 46.6 Å². The summed E-state index contributed by atoms with van der Waals surface area (Å²) >= 11 is 7.63. The maximum absolute atomic E-state index is 9.88. The Balaban J connectivity index is 1.19. The molecule has 0 radical (unpaired) electrons. The lowest BCUT2D eigenvalue weighted by molar-refractivity contribution is 0.187. The van der Waals surface area contributed by atoms with Gasteiger partial charge in [0.2, 0.25) is 5.95 Å². The molecule has 2 aliphatic rings. The number of nitrogens with one attached hydrogen (secondary N) is 1. The van der Waals surface area contributed by atoms with Crippen molar-refractivity contribution in [2.45, 2.75) is 35.2 Å². The molecule has 4 aromatic rings. The van der Waals surface area contributed by atoms with E-state index >= 15 is 0 Å². The van der Waals surface area contributed by atoms with Gasteiger partial charge in [0.05, 0.1) is 11.2 Å². The Morgan fingerprint density at radius 1 is 1.18 bits per heavy atom. The minimum absolute atomic E-state index is 0.0185. The lowest BCUT2D eigenvalue weighted by Gasteiger charge is -2.42. The molecule has 0 amide bonds. The molecule has 6 rings (SSSR count). The molecule has 6 N–H and O–H groups in total. The average Bonchev–Trinajstić information content (AvgIpc) is 3.37. The fourth-order valence-electron chi connectivity index (χ4n) is 5.10. The molecule has 1 atom stereocenters. The van der Waals surface area contributed by atoms with Gasteiger partial charge >= 0.3 is 0 Å². The van der Waals surface area contributed by atoms with E-state index in [1.807, 2.05) is 12.1 Å². The molecule has 0 bridgehead atoms. The zero-order valence-corrected chi connectivity index (χ0v) is 19.8. The number of nitrogens with two attached hydrogens (primary N) is 2. The molecule has 34 heavy (non-hydrogen) atoms. The number of aromatic amines is 1. The van der Waals surface area contributed by atoms with Gasteiger partial charge in [0.1, 0.15) is 16.6 Å². The summed E-state index contributed by atoms with van der Waals surface area (Å²) in [7, 11) is 0. The van der Waals surface area contributed by atoms with Gasteiger partial charge in [0.25, 0.3) is 0 Å². The molecule has 9 nitrogen and oxygen atoms in total. The number of fused-ring (bicyclic) bond motifs is 2. The van der Waals surface area contributed by atoms with Crippen molar-refractivity contribution in [3.63, 3.8) is 0 Å². The van der Waals surface area contributed by atoms with Gasteiger partial charge in [-0.15, -0.1) is 0 Å². The molecule has 1 aliphatic carbocycles. The van der Waals surface area contributed by atoms with Crippen molar-refractivity contribution in [1.82, 2.24) is 24.9 Å². The Hall–Kier alpha value is -3.08. The molecular formula is C23H23ClN8OS. The summed E-state index contributed by atoms with van der Waals surface area (Å²) in [5.74, 6) is 1.32. The number of nitrogen functional groups attached to an aromatic ring is 1. The average molecular weight is 495 g/mol. The van der Waals surface area contributed by atoms with Gasteiger partial charge in [-0.2, -0.15) is 4.98 Å². The number of imidazole rings is 1. The van der Waals surface area contributed by atoms with Gasteiger partial charge in [-0.3, -0.25) is 0 Å². The van der Waals surface area contributed by atoms with E-state index in [4.69, 9.17) is 28.1 Å². The van der Waals surface area contributed by atoms with E-state index in [0.717, 1.165) is 48.8 Å². The first-order valence-electron chi connectivity index (χ1n) is 11.0. The van der Waals surface area contributed by atoms with Crippen LogP contribution in [0.2, 0.25) is 5.02 Å². The topological polar surface area (TPSA) is 143 Å². The highest BCUT2D eigenvalue weighted by atomic mass is 35.5. The van der Waals surface area contributed by atoms with Crippen molar-refractivity contribution < 1.29 is 5.11 Å². The number of rotatable bonds is 3. The predicted molar refractivity (Wildman–Crippen MR) is 132 cm³/mol. The van der Waals surface area contributed by atoms with Crippen LogP contribution < -0.4 is 16.4 Å². The van der Waals surface area contributed by atoms with Gasteiger partial charge in [-0.1, -0.05) is 29.4 Å². The van der Waals surface area contributed by atoms with Crippen LogP contribution in [0.25, 0.3) is 11.3 Å². The summed E-state index contributed by atoms with van der Waals surface area (Å²) in [6.07, 6.45) is 6.15. The third-order valence-corrected chi connectivity index (χ3v) is 8.47. The highest BCUT2D eigenvalue weighted by Gasteiger charge is 2.46. The number of phenolic OH excluding ortho intramolecular Hbond substituents is 1. The number of halogens is 1. The van der Waals surface area contributed by atoms with E-state index in [2.05, 4.69) is 24.8 Å². The number of anilines is 2. The van der Waals surface area contributed by atoms with Crippen LogP contribution >= 0.6 is 23.4 Å². The first kappa shape index (κ1) is 21.5. The molecule has 1 saturated heterocycles.